The number of nitrogens with one attached hydrogen (secondary N) is 2. The van der Waals surface area contributed by atoms with Gasteiger partial charge in [-0.25, -0.2) is 0 Å². The fourth-order valence-corrected chi connectivity index (χ4v) is 4.57. The number of nitrogens with zero attached hydrogens (tertiary/aromatic N) is 5. The molecule has 27 heavy (non-hydrogen) atoms. The molecular weight excluding hydrogens is 362 g/mol. The second-order valence-corrected chi connectivity index (χ2v) is 7.83. The number of aryl methyl sites for hydroxylation is 2. The summed E-state index contributed by atoms with van der Waals surface area (Å²) >= 11 is 1.56. The number of aromatic nitrogens is 5. The summed E-state index contributed by atoms with van der Waals surface area (Å²) in [6, 6.07) is 6.34. The van der Waals surface area contributed by atoms with Crippen molar-refractivity contribution in [2.45, 2.75) is 38.8 Å². The zero-order valence-corrected chi connectivity index (χ0v) is 16.1. The van der Waals surface area contributed by atoms with E-state index in [0.29, 0.717) is 22.7 Å². The molecule has 4 rings (SSSR count). The number of carbonyl (C=O) groups excluding carboxylic acids is 1. The van der Waals surface area contributed by atoms with Crippen molar-refractivity contribution in [1.82, 2.24) is 29.9 Å². The summed E-state index contributed by atoms with van der Waals surface area (Å²) in [5.74, 6) is 0.830. The molecule has 1 amide bonds. The van der Waals surface area contributed by atoms with E-state index in [2.05, 4.69) is 36.6 Å². The van der Waals surface area contributed by atoms with Crippen LogP contribution >= 0.6 is 11.3 Å². The molecule has 1 aliphatic heterocycles. The van der Waals surface area contributed by atoms with Gasteiger partial charge in [0.05, 0.1) is 4.88 Å². The smallest absolute Gasteiger partial charge is 0.268 e. The number of hydrogen-bond donors (Lipinski definition) is 2. The van der Waals surface area contributed by atoms with Crippen LogP contribution in [0.15, 0.2) is 30.6 Å². The molecular formula is C18H23N7OS. The summed E-state index contributed by atoms with van der Waals surface area (Å²) in [4.78, 5) is 21.0. The van der Waals surface area contributed by atoms with E-state index in [0.717, 1.165) is 32.5 Å². The molecule has 8 nitrogen and oxygen atoms in total. The molecule has 1 fully saturated rings. The largest absolute Gasteiger partial charge is 0.295 e. The molecule has 1 atom stereocenters. The van der Waals surface area contributed by atoms with Crippen LogP contribution in [0.1, 0.15) is 45.7 Å². The van der Waals surface area contributed by atoms with Gasteiger partial charge in [0.25, 0.3) is 5.91 Å². The van der Waals surface area contributed by atoms with Crippen molar-refractivity contribution in [2.75, 3.05) is 18.4 Å². The van der Waals surface area contributed by atoms with Gasteiger partial charge in [0.15, 0.2) is 0 Å². The maximum atomic E-state index is 12.4. The van der Waals surface area contributed by atoms with Crippen LogP contribution in [0.2, 0.25) is 0 Å². The van der Waals surface area contributed by atoms with Gasteiger partial charge >= 0.3 is 0 Å². The Balaban J connectivity index is 1.35. The van der Waals surface area contributed by atoms with Gasteiger partial charge in [-0.05, 0) is 50.9 Å². The molecule has 2 N–H and O–H groups in total. The van der Waals surface area contributed by atoms with E-state index in [-0.39, 0.29) is 5.91 Å². The van der Waals surface area contributed by atoms with Crippen LogP contribution in [-0.2, 0) is 6.54 Å². The lowest BCUT2D eigenvalue weighted by molar-refractivity contribution is 0.102. The van der Waals surface area contributed by atoms with Crippen LogP contribution in [0.4, 0.5) is 5.95 Å². The summed E-state index contributed by atoms with van der Waals surface area (Å²) in [7, 11) is 0. The molecule has 0 unspecified atom stereocenters. The average Bonchev–Trinajstić information content (AvgIpc) is 3.43. The number of anilines is 1. The lowest BCUT2D eigenvalue weighted by atomic mass is 10.2. The minimum absolute atomic E-state index is 0.159. The highest BCUT2D eigenvalue weighted by Crippen LogP contribution is 2.36. The van der Waals surface area contributed by atoms with E-state index in [1.165, 1.54) is 11.3 Å². The molecule has 3 aromatic heterocycles. The van der Waals surface area contributed by atoms with Crippen LogP contribution in [0.25, 0.3) is 0 Å². The van der Waals surface area contributed by atoms with Crippen molar-refractivity contribution in [3.63, 3.8) is 0 Å². The molecule has 0 bridgehead atoms. The number of thiophene rings is 1. The molecule has 0 aromatic carbocycles. The second-order valence-electron chi connectivity index (χ2n) is 6.72. The van der Waals surface area contributed by atoms with Gasteiger partial charge in [-0.3, -0.25) is 24.8 Å². The summed E-state index contributed by atoms with van der Waals surface area (Å²) in [5.41, 5.74) is 0. The van der Waals surface area contributed by atoms with Crippen molar-refractivity contribution < 1.29 is 4.79 Å². The Bertz CT molecular complexity index is 885. The Labute approximate surface area is 161 Å². The average molecular weight is 385 g/mol. The lowest BCUT2D eigenvalue weighted by Crippen LogP contribution is -2.24. The number of aromatic amines is 1. The van der Waals surface area contributed by atoms with Gasteiger partial charge in [0.1, 0.15) is 5.82 Å². The van der Waals surface area contributed by atoms with Crippen molar-refractivity contribution in [3.05, 3.63) is 46.2 Å². The molecule has 1 saturated heterocycles. The topological polar surface area (TPSA) is 91.7 Å². The predicted octanol–water partition coefficient (Wildman–Crippen LogP) is 2.85. The predicted molar refractivity (Wildman–Crippen MR) is 104 cm³/mol. The first-order valence-corrected chi connectivity index (χ1v) is 10.0. The molecule has 0 aliphatic carbocycles. The molecule has 1 aliphatic rings. The SMILES string of the molecule is Cc1nc(NC(=O)c2ccc([C@H]3CCCN3CCCn3cccn3)s2)n[nH]1. The highest BCUT2D eigenvalue weighted by Gasteiger charge is 2.27. The van der Waals surface area contributed by atoms with Crippen LogP contribution in [0.5, 0.6) is 0 Å². The van der Waals surface area contributed by atoms with E-state index >= 15 is 0 Å². The number of amides is 1. The van der Waals surface area contributed by atoms with E-state index in [1.54, 1.807) is 18.3 Å². The summed E-state index contributed by atoms with van der Waals surface area (Å²) < 4.78 is 1.98. The first kappa shape index (κ1) is 17.9. The van der Waals surface area contributed by atoms with Crippen molar-refractivity contribution in [2.24, 2.45) is 0 Å². The van der Waals surface area contributed by atoms with Crippen LogP contribution in [0, 0.1) is 6.92 Å². The minimum atomic E-state index is -0.159. The zero-order chi connectivity index (χ0) is 18.6. The number of likely N-dealkylation sites (tertiary alicyclic amines) is 1. The van der Waals surface area contributed by atoms with Gasteiger partial charge in [0, 0.05) is 36.4 Å². The van der Waals surface area contributed by atoms with Gasteiger partial charge in [-0.2, -0.15) is 10.1 Å². The Morgan fingerprint density at radius 1 is 1.41 bits per heavy atom. The third kappa shape index (κ3) is 4.25. The molecule has 9 heteroatoms. The molecule has 0 saturated carbocycles. The van der Waals surface area contributed by atoms with Crippen molar-refractivity contribution in [1.29, 1.82) is 0 Å². The fraction of sp³-hybridized carbons (Fsp3) is 0.444. The standard InChI is InChI=1S/C18H23N7OS/c1-13-20-18(23-22-13)21-17(26)16-7-6-15(27-16)14-5-2-9-24(14)10-4-12-25-11-3-8-19-25/h3,6-8,11,14H,2,4-5,9-10,12H2,1H3,(H2,20,21,22,23,26)/t14-/m1/s1. The van der Waals surface area contributed by atoms with E-state index in [1.807, 2.05) is 29.2 Å². The normalized spacial score (nSPS) is 17.4. The van der Waals surface area contributed by atoms with Crippen molar-refractivity contribution in [3.8, 4) is 0 Å². The van der Waals surface area contributed by atoms with E-state index in [4.69, 9.17) is 0 Å². The monoisotopic (exact) mass is 385 g/mol. The lowest BCUT2D eigenvalue weighted by Gasteiger charge is -2.23. The summed E-state index contributed by atoms with van der Waals surface area (Å²) in [6.45, 7) is 4.89. The van der Waals surface area contributed by atoms with E-state index in [9.17, 15) is 4.79 Å². The van der Waals surface area contributed by atoms with Crippen LogP contribution < -0.4 is 5.32 Å². The Kier molecular flexibility index (Phi) is 5.30. The first-order chi connectivity index (χ1) is 13.2. The quantitative estimate of drug-likeness (QED) is 0.652. The Hall–Kier alpha value is -2.52. The molecule has 4 heterocycles. The van der Waals surface area contributed by atoms with Crippen LogP contribution in [-0.4, -0.2) is 48.9 Å². The van der Waals surface area contributed by atoms with Gasteiger partial charge in [-0.15, -0.1) is 16.4 Å². The maximum absolute atomic E-state index is 12.4. The van der Waals surface area contributed by atoms with Gasteiger partial charge < -0.3 is 0 Å². The molecule has 0 spiro atoms. The minimum Gasteiger partial charge on any atom is -0.295 e. The molecule has 0 radical (unpaired) electrons. The third-order valence-corrected chi connectivity index (χ3v) is 5.94. The highest BCUT2D eigenvalue weighted by molar-refractivity contribution is 7.14. The first-order valence-electron chi connectivity index (χ1n) is 9.20. The zero-order valence-electron chi connectivity index (χ0n) is 15.3. The fourth-order valence-electron chi connectivity index (χ4n) is 3.50. The number of H-pyrrole nitrogens is 1. The summed E-state index contributed by atoms with van der Waals surface area (Å²) in [6.07, 6.45) is 7.23. The summed E-state index contributed by atoms with van der Waals surface area (Å²) in [5, 5.41) is 13.7. The van der Waals surface area contributed by atoms with Crippen LogP contribution in [0.3, 0.4) is 0 Å². The number of rotatable bonds is 7. The number of carbonyl (C=O) groups is 1. The van der Waals surface area contributed by atoms with E-state index < -0.39 is 0 Å². The van der Waals surface area contributed by atoms with Crippen molar-refractivity contribution >= 4 is 23.2 Å². The Morgan fingerprint density at radius 3 is 3.11 bits per heavy atom. The second kappa shape index (κ2) is 8.01. The highest BCUT2D eigenvalue weighted by atomic mass is 32.1. The van der Waals surface area contributed by atoms with Gasteiger partial charge in [-0.1, -0.05) is 0 Å². The van der Waals surface area contributed by atoms with Gasteiger partial charge in [0.2, 0.25) is 5.95 Å². The molecule has 142 valence electrons. The maximum Gasteiger partial charge on any atom is 0.268 e. The Morgan fingerprint density at radius 2 is 2.33 bits per heavy atom. The third-order valence-electron chi connectivity index (χ3n) is 4.76. The molecule has 3 aromatic rings. The number of hydrogen-bond acceptors (Lipinski definition) is 6.